The van der Waals surface area contributed by atoms with E-state index in [1.54, 1.807) is 6.92 Å². The summed E-state index contributed by atoms with van der Waals surface area (Å²) in [6.07, 6.45) is -2.74. The molecule has 1 heterocycles. The van der Waals surface area contributed by atoms with E-state index in [0.29, 0.717) is 5.69 Å². The predicted molar refractivity (Wildman–Crippen MR) is 69.0 cm³/mol. The van der Waals surface area contributed by atoms with Gasteiger partial charge in [0.1, 0.15) is 0 Å². The topological polar surface area (TPSA) is 59.6 Å². The van der Waals surface area contributed by atoms with Gasteiger partial charge < -0.3 is 20.1 Å². The lowest BCUT2D eigenvalue weighted by molar-refractivity contribution is -0.286. The number of nitrogens with one attached hydrogen (secondary N) is 2. The third-order valence-electron chi connectivity index (χ3n) is 2.76. The number of alkyl halides is 2. The van der Waals surface area contributed by atoms with Crippen molar-refractivity contribution in [2.45, 2.75) is 32.6 Å². The van der Waals surface area contributed by atoms with Gasteiger partial charge in [-0.3, -0.25) is 4.79 Å². The normalized spacial score (nSPS) is 16.8. The monoisotopic (exact) mass is 286 g/mol. The van der Waals surface area contributed by atoms with Crippen LogP contribution in [0.4, 0.5) is 14.5 Å². The van der Waals surface area contributed by atoms with Crippen molar-refractivity contribution < 1.29 is 23.0 Å². The van der Waals surface area contributed by atoms with Crippen molar-refractivity contribution in [2.24, 2.45) is 0 Å². The van der Waals surface area contributed by atoms with Gasteiger partial charge in [-0.2, -0.15) is 0 Å². The second kappa shape index (κ2) is 5.62. The van der Waals surface area contributed by atoms with Crippen LogP contribution in [0.5, 0.6) is 11.5 Å². The SMILES string of the molecule is CCCNC(C)C(=O)Nc1ccc2c(c1)OC(F)(F)O2. The Morgan fingerprint density at radius 3 is 2.75 bits per heavy atom. The fourth-order valence-electron chi connectivity index (χ4n) is 1.73. The molecule has 0 aromatic heterocycles. The molecule has 110 valence electrons. The molecule has 2 rings (SSSR count). The van der Waals surface area contributed by atoms with Crippen molar-refractivity contribution >= 4 is 11.6 Å². The molecule has 0 bridgehead atoms. The lowest BCUT2D eigenvalue weighted by atomic mass is 10.2. The van der Waals surface area contributed by atoms with Gasteiger partial charge in [-0.25, -0.2) is 0 Å². The number of benzene rings is 1. The predicted octanol–water partition coefficient (Wildman–Crippen LogP) is 2.33. The summed E-state index contributed by atoms with van der Waals surface area (Å²) in [5, 5.41) is 5.66. The molecule has 2 N–H and O–H groups in total. The molecule has 0 aliphatic carbocycles. The maximum atomic E-state index is 12.9. The van der Waals surface area contributed by atoms with Gasteiger partial charge in [-0.15, -0.1) is 8.78 Å². The molecule has 5 nitrogen and oxygen atoms in total. The summed E-state index contributed by atoms with van der Waals surface area (Å²) < 4.78 is 34.3. The van der Waals surface area contributed by atoms with E-state index in [1.807, 2.05) is 6.92 Å². The summed E-state index contributed by atoms with van der Waals surface area (Å²) >= 11 is 0. The molecule has 0 radical (unpaired) electrons. The number of ether oxygens (including phenoxy) is 2. The zero-order valence-electron chi connectivity index (χ0n) is 11.2. The number of carbonyl (C=O) groups excluding carboxylic acids is 1. The Morgan fingerprint density at radius 2 is 2.05 bits per heavy atom. The van der Waals surface area contributed by atoms with Gasteiger partial charge in [-0.1, -0.05) is 6.92 Å². The first-order chi connectivity index (χ1) is 9.41. The summed E-state index contributed by atoms with van der Waals surface area (Å²) in [6.45, 7) is 4.45. The third kappa shape index (κ3) is 3.36. The zero-order valence-corrected chi connectivity index (χ0v) is 11.2. The molecular formula is C13H16F2N2O3. The Labute approximate surface area is 115 Å². The number of hydrogen-bond donors (Lipinski definition) is 2. The molecule has 1 amide bonds. The molecular weight excluding hydrogens is 270 g/mol. The third-order valence-corrected chi connectivity index (χ3v) is 2.76. The maximum absolute atomic E-state index is 12.9. The summed E-state index contributed by atoms with van der Waals surface area (Å²) in [7, 11) is 0. The molecule has 0 spiro atoms. The van der Waals surface area contributed by atoms with Crippen molar-refractivity contribution in [2.75, 3.05) is 11.9 Å². The minimum absolute atomic E-state index is 0.0508. The summed E-state index contributed by atoms with van der Waals surface area (Å²) in [4.78, 5) is 11.9. The quantitative estimate of drug-likeness (QED) is 0.872. The number of hydrogen-bond acceptors (Lipinski definition) is 4. The lowest BCUT2D eigenvalue weighted by Crippen LogP contribution is -2.38. The van der Waals surface area contributed by atoms with Gasteiger partial charge in [0.15, 0.2) is 11.5 Å². The summed E-state index contributed by atoms with van der Waals surface area (Å²) in [5.41, 5.74) is 0.375. The molecule has 1 aliphatic heterocycles. The number of halogens is 2. The summed E-state index contributed by atoms with van der Waals surface area (Å²) in [6, 6.07) is 3.74. The van der Waals surface area contributed by atoms with Crippen LogP contribution in [-0.2, 0) is 4.79 Å². The van der Waals surface area contributed by atoms with Gasteiger partial charge in [0.05, 0.1) is 6.04 Å². The fourth-order valence-corrected chi connectivity index (χ4v) is 1.73. The van der Waals surface area contributed by atoms with Crippen LogP contribution in [0, 0.1) is 0 Å². The molecule has 0 fully saturated rings. The van der Waals surface area contributed by atoms with Crippen molar-refractivity contribution in [1.29, 1.82) is 0 Å². The lowest BCUT2D eigenvalue weighted by Gasteiger charge is -2.13. The van der Waals surface area contributed by atoms with E-state index in [9.17, 15) is 13.6 Å². The summed E-state index contributed by atoms with van der Waals surface area (Å²) in [5.74, 6) is -0.392. The minimum atomic E-state index is -3.65. The van der Waals surface area contributed by atoms with Gasteiger partial charge in [0, 0.05) is 11.8 Å². The van der Waals surface area contributed by atoms with Crippen LogP contribution in [0.2, 0.25) is 0 Å². The average molecular weight is 286 g/mol. The first-order valence-corrected chi connectivity index (χ1v) is 6.35. The highest BCUT2D eigenvalue weighted by Crippen LogP contribution is 2.42. The van der Waals surface area contributed by atoms with Crippen molar-refractivity contribution in [3.63, 3.8) is 0 Å². The first-order valence-electron chi connectivity index (χ1n) is 6.35. The number of rotatable bonds is 5. The van der Waals surface area contributed by atoms with E-state index in [2.05, 4.69) is 20.1 Å². The molecule has 1 aromatic carbocycles. The van der Waals surface area contributed by atoms with Crippen LogP contribution in [0.3, 0.4) is 0 Å². The number of anilines is 1. The van der Waals surface area contributed by atoms with Crippen molar-refractivity contribution in [3.05, 3.63) is 18.2 Å². The van der Waals surface area contributed by atoms with Crippen LogP contribution in [0.25, 0.3) is 0 Å². The van der Waals surface area contributed by atoms with E-state index < -0.39 is 6.29 Å². The van der Waals surface area contributed by atoms with Crippen LogP contribution < -0.4 is 20.1 Å². The minimum Gasteiger partial charge on any atom is -0.395 e. The fraction of sp³-hybridized carbons (Fsp3) is 0.462. The van der Waals surface area contributed by atoms with Crippen LogP contribution >= 0.6 is 0 Å². The van der Waals surface area contributed by atoms with E-state index in [1.165, 1.54) is 18.2 Å². The smallest absolute Gasteiger partial charge is 0.395 e. The number of carbonyl (C=O) groups is 1. The van der Waals surface area contributed by atoms with Crippen molar-refractivity contribution in [1.82, 2.24) is 5.32 Å². The van der Waals surface area contributed by atoms with Crippen LogP contribution in [0.1, 0.15) is 20.3 Å². The Balaban J connectivity index is 2.00. The number of fused-ring (bicyclic) bond motifs is 1. The van der Waals surface area contributed by atoms with E-state index >= 15 is 0 Å². The molecule has 1 atom stereocenters. The molecule has 20 heavy (non-hydrogen) atoms. The Hall–Kier alpha value is -1.89. The van der Waals surface area contributed by atoms with Gasteiger partial charge in [0.2, 0.25) is 5.91 Å². The van der Waals surface area contributed by atoms with Crippen molar-refractivity contribution in [3.8, 4) is 11.5 Å². The molecule has 1 aromatic rings. The second-order valence-corrected chi connectivity index (χ2v) is 4.49. The average Bonchev–Trinajstić information content (AvgIpc) is 2.68. The number of amides is 1. The largest absolute Gasteiger partial charge is 0.586 e. The molecule has 0 saturated carbocycles. The first kappa shape index (κ1) is 14.5. The van der Waals surface area contributed by atoms with E-state index in [0.717, 1.165) is 13.0 Å². The highest BCUT2D eigenvalue weighted by atomic mass is 19.3. The Morgan fingerprint density at radius 1 is 1.35 bits per heavy atom. The van der Waals surface area contributed by atoms with Gasteiger partial charge in [-0.05, 0) is 32.0 Å². The molecule has 7 heteroatoms. The second-order valence-electron chi connectivity index (χ2n) is 4.49. The highest BCUT2D eigenvalue weighted by molar-refractivity contribution is 5.94. The van der Waals surface area contributed by atoms with E-state index in [4.69, 9.17) is 0 Å². The van der Waals surface area contributed by atoms with E-state index in [-0.39, 0.29) is 23.4 Å². The molecule has 1 aliphatic rings. The standard InChI is InChI=1S/C13H16F2N2O3/c1-3-6-16-8(2)12(18)17-9-4-5-10-11(7-9)20-13(14,15)19-10/h4-5,7-8,16H,3,6H2,1-2H3,(H,17,18). The van der Waals surface area contributed by atoms with Gasteiger partial charge >= 0.3 is 6.29 Å². The van der Waals surface area contributed by atoms with Crippen LogP contribution in [-0.4, -0.2) is 24.8 Å². The molecule has 1 unspecified atom stereocenters. The molecule has 0 saturated heterocycles. The zero-order chi connectivity index (χ0) is 14.8. The Kier molecular flexibility index (Phi) is 4.08. The van der Waals surface area contributed by atoms with Crippen LogP contribution in [0.15, 0.2) is 18.2 Å². The van der Waals surface area contributed by atoms with Gasteiger partial charge in [0.25, 0.3) is 0 Å². The highest BCUT2D eigenvalue weighted by Gasteiger charge is 2.43. The maximum Gasteiger partial charge on any atom is 0.586 e. The Bertz CT molecular complexity index is 508.